The van der Waals surface area contributed by atoms with Gasteiger partial charge in [0.05, 0.1) is 11.8 Å². The van der Waals surface area contributed by atoms with Crippen LogP contribution in [0.25, 0.3) is 0 Å². The summed E-state index contributed by atoms with van der Waals surface area (Å²) < 4.78 is 6.20. The smallest absolute Gasteiger partial charge is 0.309 e. The summed E-state index contributed by atoms with van der Waals surface area (Å²) in [5.74, 6) is 2.02. The van der Waals surface area contributed by atoms with E-state index in [4.69, 9.17) is 4.74 Å². The monoisotopic (exact) mass is 667 g/mol. The van der Waals surface area contributed by atoms with Gasteiger partial charge in [-0.3, -0.25) is 9.59 Å². The zero-order valence-corrected chi connectivity index (χ0v) is 31.9. The molecule has 0 bridgehead atoms. The molecule has 48 heavy (non-hydrogen) atoms. The molecule has 5 saturated carbocycles. The number of ether oxygens (including phenoxy) is 1. The van der Waals surface area contributed by atoms with E-state index in [0.717, 1.165) is 37.8 Å². The van der Waals surface area contributed by atoms with Crippen molar-refractivity contribution in [3.05, 3.63) is 12.2 Å². The number of carbonyl (C=O) groups excluding carboxylic acids is 1. The van der Waals surface area contributed by atoms with E-state index in [1.807, 2.05) is 0 Å². The van der Waals surface area contributed by atoms with E-state index in [2.05, 4.69) is 58.8 Å². The molecule has 0 aromatic heterocycles. The number of carbonyl (C=O) groups is 2. The number of carboxylic acids is 1. The van der Waals surface area contributed by atoms with Crippen LogP contribution < -0.4 is 10.6 Å². The van der Waals surface area contributed by atoms with Crippen molar-refractivity contribution >= 4 is 11.9 Å². The Labute approximate surface area is 292 Å². The maximum absolute atomic E-state index is 13.1. The van der Waals surface area contributed by atoms with Crippen molar-refractivity contribution in [1.29, 1.82) is 0 Å². The van der Waals surface area contributed by atoms with Gasteiger partial charge in [-0.05, 0) is 169 Å². The molecule has 6 rings (SSSR count). The third-order valence-electron chi connectivity index (χ3n) is 17.0. The Balaban J connectivity index is 1.20. The SMILES string of the molecule is C=C(C)[C@@H]1CC[C@]2(CCNCC3CCCN3)CC[C@]3(C)[C@H](CC[C@@H]4[C@@]5(C)CC[C@H](OC(=O)CC(C)(C)C(=O)O)C(C)(C)[C@@H]5CC[C@]43C)[C@@H]12. The van der Waals surface area contributed by atoms with Crippen LogP contribution in [0.5, 0.6) is 0 Å². The van der Waals surface area contributed by atoms with Gasteiger partial charge in [0.2, 0.25) is 0 Å². The van der Waals surface area contributed by atoms with Crippen molar-refractivity contribution in [2.75, 3.05) is 19.6 Å². The number of allylic oxidation sites excluding steroid dienone is 1. The van der Waals surface area contributed by atoms with Gasteiger partial charge >= 0.3 is 11.9 Å². The van der Waals surface area contributed by atoms with Gasteiger partial charge in [-0.15, -0.1) is 0 Å². The highest BCUT2D eigenvalue weighted by molar-refractivity contribution is 5.81. The van der Waals surface area contributed by atoms with Gasteiger partial charge in [-0.1, -0.05) is 46.8 Å². The average molecular weight is 667 g/mol. The highest BCUT2D eigenvalue weighted by atomic mass is 16.5. The second-order valence-electron chi connectivity index (χ2n) is 20.0. The summed E-state index contributed by atoms with van der Waals surface area (Å²) in [5, 5.41) is 17.2. The number of hydrogen-bond donors (Lipinski definition) is 3. The number of esters is 1. The van der Waals surface area contributed by atoms with E-state index in [1.165, 1.54) is 82.7 Å². The summed E-state index contributed by atoms with van der Waals surface area (Å²) in [6.45, 7) is 26.4. The van der Waals surface area contributed by atoms with Crippen molar-refractivity contribution in [2.24, 2.45) is 62.1 Å². The highest BCUT2D eigenvalue weighted by Crippen LogP contribution is 2.78. The Bertz CT molecular complexity index is 1250. The molecule has 0 spiro atoms. The summed E-state index contributed by atoms with van der Waals surface area (Å²) in [6.07, 6.45) is 16.2. The number of carboxylic acid groups (broad SMARTS) is 1. The lowest BCUT2D eigenvalue weighted by Gasteiger charge is -2.73. The number of aliphatic carboxylic acids is 1. The molecule has 0 aromatic carbocycles. The molecule has 272 valence electrons. The lowest BCUT2D eigenvalue weighted by molar-refractivity contribution is -0.250. The van der Waals surface area contributed by atoms with Gasteiger partial charge in [-0.25, -0.2) is 0 Å². The third kappa shape index (κ3) is 5.73. The minimum absolute atomic E-state index is 0.0844. The summed E-state index contributed by atoms with van der Waals surface area (Å²) in [5.41, 5.74) is 1.46. The van der Waals surface area contributed by atoms with Crippen molar-refractivity contribution in [1.82, 2.24) is 10.6 Å². The second kappa shape index (κ2) is 12.7. The minimum Gasteiger partial charge on any atom is -0.481 e. The van der Waals surface area contributed by atoms with E-state index in [1.54, 1.807) is 13.8 Å². The first-order valence-corrected chi connectivity index (χ1v) is 19.9. The Morgan fingerprint density at radius 2 is 1.67 bits per heavy atom. The van der Waals surface area contributed by atoms with Crippen molar-refractivity contribution < 1.29 is 19.4 Å². The van der Waals surface area contributed by atoms with Crippen LogP contribution in [-0.4, -0.2) is 48.8 Å². The number of fused-ring (bicyclic) bond motifs is 7. The maximum Gasteiger partial charge on any atom is 0.309 e. The molecule has 0 radical (unpaired) electrons. The average Bonchev–Trinajstić information content (AvgIpc) is 3.65. The summed E-state index contributed by atoms with van der Waals surface area (Å²) >= 11 is 0. The van der Waals surface area contributed by atoms with Crippen molar-refractivity contribution in [3.8, 4) is 0 Å². The van der Waals surface area contributed by atoms with Crippen LogP contribution in [0, 0.1) is 62.1 Å². The van der Waals surface area contributed by atoms with Crippen LogP contribution in [0.4, 0.5) is 0 Å². The quantitative estimate of drug-likeness (QED) is 0.123. The molecule has 6 nitrogen and oxygen atoms in total. The molecule has 0 amide bonds. The van der Waals surface area contributed by atoms with E-state index in [-0.39, 0.29) is 29.3 Å². The fourth-order valence-corrected chi connectivity index (χ4v) is 14.1. The molecule has 1 unspecified atom stereocenters. The third-order valence-corrected chi connectivity index (χ3v) is 17.0. The summed E-state index contributed by atoms with van der Waals surface area (Å²) in [7, 11) is 0. The van der Waals surface area contributed by atoms with Crippen molar-refractivity contribution in [2.45, 2.75) is 157 Å². The predicted molar refractivity (Wildman–Crippen MR) is 193 cm³/mol. The van der Waals surface area contributed by atoms with E-state index >= 15 is 0 Å². The summed E-state index contributed by atoms with van der Waals surface area (Å²) in [6, 6.07) is 0.655. The molecule has 1 heterocycles. The van der Waals surface area contributed by atoms with Gasteiger partial charge < -0.3 is 20.5 Å². The molecule has 11 atom stereocenters. The fraction of sp³-hybridized carbons (Fsp3) is 0.905. The Hall–Kier alpha value is -1.40. The lowest BCUT2D eigenvalue weighted by Crippen LogP contribution is -2.66. The Morgan fingerprint density at radius 1 is 0.917 bits per heavy atom. The van der Waals surface area contributed by atoms with E-state index in [0.29, 0.717) is 40.0 Å². The Morgan fingerprint density at radius 3 is 2.33 bits per heavy atom. The molecule has 6 heteroatoms. The molecule has 1 saturated heterocycles. The normalized spacial score (nSPS) is 45.0. The van der Waals surface area contributed by atoms with Gasteiger partial charge in [0.15, 0.2) is 0 Å². The maximum atomic E-state index is 13.1. The number of rotatable bonds is 10. The zero-order valence-electron chi connectivity index (χ0n) is 31.9. The molecule has 1 aliphatic heterocycles. The van der Waals surface area contributed by atoms with Crippen LogP contribution in [0.1, 0.15) is 145 Å². The van der Waals surface area contributed by atoms with Gasteiger partial charge in [-0.2, -0.15) is 0 Å². The van der Waals surface area contributed by atoms with Crippen LogP contribution in [-0.2, 0) is 14.3 Å². The van der Waals surface area contributed by atoms with Crippen molar-refractivity contribution in [3.63, 3.8) is 0 Å². The molecular formula is C42H70N2O4. The molecule has 6 aliphatic rings. The van der Waals surface area contributed by atoms with Crippen LogP contribution >= 0.6 is 0 Å². The fourth-order valence-electron chi connectivity index (χ4n) is 14.1. The highest BCUT2D eigenvalue weighted by Gasteiger charge is 2.71. The topological polar surface area (TPSA) is 87.7 Å². The zero-order chi connectivity index (χ0) is 34.9. The first kappa shape index (κ1) is 36.4. The van der Waals surface area contributed by atoms with E-state index in [9.17, 15) is 14.7 Å². The molecule has 6 fully saturated rings. The minimum atomic E-state index is -1.12. The van der Waals surface area contributed by atoms with Gasteiger partial charge in [0.25, 0.3) is 0 Å². The molecule has 0 aromatic rings. The predicted octanol–water partition coefficient (Wildman–Crippen LogP) is 8.79. The van der Waals surface area contributed by atoms with E-state index < -0.39 is 11.4 Å². The van der Waals surface area contributed by atoms with Crippen LogP contribution in [0.15, 0.2) is 12.2 Å². The van der Waals surface area contributed by atoms with Gasteiger partial charge in [0.1, 0.15) is 6.10 Å². The number of hydrogen-bond acceptors (Lipinski definition) is 5. The standard InChI is InChI=1S/C42H70N2O4/c1-27(2)29-14-19-42(22-24-43-26-28-11-10-23-44-28)21-20-40(8)30(35(29)42)12-13-32-39(7)17-16-33(48-34(45)25-37(3,4)36(46)47)38(5,6)31(39)15-18-41(32,40)9/h28-33,35,43-44H,1,10-26H2,2-9H3,(H,46,47)/t28?,29-,30+,31-,32+,33-,35+,39-,40+,41+,42+/m0/s1. The summed E-state index contributed by atoms with van der Waals surface area (Å²) in [4.78, 5) is 24.8. The second-order valence-corrected chi connectivity index (χ2v) is 20.0. The first-order chi connectivity index (χ1) is 22.4. The van der Waals surface area contributed by atoms with Crippen LogP contribution in [0.3, 0.4) is 0 Å². The molecule has 5 aliphatic carbocycles. The molecule has 3 N–H and O–H groups in total. The van der Waals surface area contributed by atoms with Gasteiger partial charge in [0, 0.05) is 18.0 Å². The lowest BCUT2D eigenvalue weighted by atomic mass is 9.32. The largest absolute Gasteiger partial charge is 0.481 e. The first-order valence-electron chi connectivity index (χ1n) is 19.9. The Kier molecular flexibility index (Phi) is 9.61. The number of nitrogens with one attached hydrogen (secondary N) is 2. The van der Waals surface area contributed by atoms with Crippen LogP contribution in [0.2, 0.25) is 0 Å². The molecular weight excluding hydrogens is 596 g/mol.